The van der Waals surface area contributed by atoms with Gasteiger partial charge >= 0.3 is 0 Å². The Morgan fingerprint density at radius 2 is 2.20 bits per heavy atom. The zero-order chi connectivity index (χ0) is 13.9. The summed E-state index contributed by atoms with van der Waals surface area (Å²) in [5, 5.41) is 6.04. The van der Waals surface area contributed by atoms with E-state index < -0.39 is 0 Å². The number of fused-ring (bicyclic) bond motifs is 1. The number of H-pyrrole nitrogens is 1. The topological polar surface area (TPSA) is 53.1 Å². The third kappa shape index (κ3) is 2.51. The second-order valence-electron chi connectivity index (χ2n) is 4.41. The van der Waals surface area contributed by atoms with E-state index >= 15 is 0 Å². The monoisotopic (exact) mass is 284 g/mol. The van der Waals surface area contributed by atoms with Crippen LogP contribution in [0, 0.1) is 0 Å². The van der Waals surface area contributed by atoms with Crippen LogP contribution < -0.4 is 5.43 Å². The first kappa shape index (κ1) is 12.7. The van der Waals surface area contributed by atoms with Crippen molar-refractivity contribution >= 4 is 33.9 Å². The van der Waals surface area contributed by atoms with Crippen LogP contribution in [-0.4, -0.2) is 15.7 Å². The molecule has 0 radical (unpaired) electrons. The highest BCUT2D eigenvalue weighted by molar-refractivity contribution is 6.31. The second kappa shape index (κ2) is 5.35. The molecule has 20 heavy (non-hydrogen) atoms. The number of rotatable bonds is 3. The van der Waals surface area contributed by atoms with Crippen molar-refractivity contribution in [2.75, 3.05) is 5.43 Å². The molecule has 2 heterocycles. The molecule has 0 aliphatic rings. The third-order valence-electron chi connectivity index (χ3n) is 3.04. The predicted octanol–water partition coefficient (Wildman–Crippen LogP) is 4.05. The maximum Gasteiger partial charge on any atom is 0.0810 e. The summed E-state index contributed by atoms with van der Waals surface area (Å²) in [5.41, 5.74) is 6.69. The van der Waals surface area contributed by atoms with E-state index in [1.807, 2.05) is 49.5 Å². The average Bonchev–Trinajstić information content (AvgIpc) is 2.98. The Morgan fingerprint density at radius 3 is 3.00 bits per heavy atom. The van der Waals surface area contributed by atoms with Gasteiger partial charge in [0.15, 0.2) is 0 Å². The van der Waals surface area contributed by atoms with Gasteiger partial charge in [-0.1, -0.05) is 11.6 Å². The number of hydrogen-bond acceptors (Lipinski definition) is 3. The molecule has 0 aliphatic carbocycles. The van der Waals surface area contributed by atoms with E-state index in [1.165, 1.54) is 0 Å². The summed E-state index contributed by atoms with van der Waals surface area (Å²) in [4.78, 5) is 7.42. The van der Waals surface area contributed by atoms with Crippen LogP contribution in [0.1, 0.15) is 12.6 Å². The van der Waals surface area contributed by atoms with Gasteiger partial charge < -0.3 is 4.98 Å². The highest BCUT2D eigenvalue weighted by Crippen LogP contribution is 2.24. The minimum Gasteiger partial charge on any atom is -0.360 e. The summed E-state index contributed by atoms with van der Waals surface area (Å²) < 4.78 is 0. The Balaban J connectivity index is 1.93. The van der Waals surface area contributed by atoms with Gasteiger partial charge in [0.1, 0.15) is 0 Å². The minimum atomic E-state index is 0.674. The van der Waals surface area contributed by atoms with Gasteiger partial charge in [-0.05, 0) is 43.3 Å². The quantitative estimate of drug-likeness (QED) is 0.563. The Kier molecular flexibility index (Phi) is 3.39. The van der Waals surface area contributed by atoms with Crippen LogP contribution in [0.5, 0.6) is 0 Å². The van der Waals surface area contributed by atoms with Crippen molar-refractivity contribution in [3.63, 3.8) is 0 Å². The van der Waals surface area contributed by atoms with Crippen molar-refractivity contribution in [2.45, 2.75) is 6.92 Å². The average molecular weight is 285 g/mol. The van der Waals surface area contributed by atoms with Crippen LogP contribution in [0.4, 0.5) is 5.69 Å². The van der Waals surface area contributed by atoms with Gasteiger partial charge in [-0.2, -0.15) is 5.10 Å². The molecule has 2 aromatic heterocycles. The lowest BCUT2D eigenvalue weighted by Crippen LogP contribution is -2.00. The summed E-state index contributed by atoms with van der Waals surface area (Å²) >= 11 is 5.97. The van der Waals surface area contributed by atoms with Gasteiger partial charge in [0.25, 0.3) is 0 Å². The molecule has 3 rings (SSSR count). The maximum absolute atomic E-state index is 5.97. The number of pyridine rings is 1. The number of nitrogens with one attached hydrogen (secondary N) is 2. The van der Waals surface area contributed by atoms with Crippen LogP contribution in [-0.2, 0) is 0 Å². The van der Waals surface area contributed by atoms with Crippen LogP contribution in [0.2, 0.25) is 5.02 Å². The third-order valence-corrected chi connectivity index (χ3v) is 3.27. The molecule has 0 aliphatic heterocycles. The van der Waals surface area contributed by atoms with Gasteiger partial charge in [-0.15, -0.1) is 0 Å². The fourth-order valence-corrected chi connectivity index (χ4v) is 2.14. The van der Waals surface area contributed by atoms with E-state index in [9.17, 15) is 0 Å². The molecule has 0 saturated carbocycles. The van der Waals surface area contributed by atoms with Crippen LogP contribution >= 0.6 is 11.6 Å². The predicted molar refractivity (Wildman–Crippen MR) is 83.4 cm³/mol. The molecule has 0 spiro atoms. The zero-order valence-corrected chi connectivity index (χ0v) is 11.6. The number of halogens is 1. The largest absolute Gasteiger partial charge is 0.360 e. The summed E-state index contributed by atoms with van der Waals surface area (Å²) in [5.74, 6) is 0. The van der Waals surface area contributed by atoms with Gasteiger partial charge in [0, 0.05) is 22.8 Å². The number of anilines is 1. The molecule has 0 amide bonds. The molecule has 0 atom stereocenters. The van der Waals surface area contributed by atoms with Crippen molar-refractivity contribution in [3.05, 3.63) is 59.5 Å². The summed E-state index contributed by atoms with van der Waals surface area (Å²) in [6, 6.07) is 11.4. The molecule has 0 fully saturated rings. The lowest BCUT2D eigenvalue weighted by atomic mass is 10.2. The molecule has 5 heteroatoms. The smallest absolute Gasteiger partial charge is 0.0810 e. The number of aromatic amines is 1. The van der Waals surface area contributed by atoms with Crippen molar-refractivity contribution in [2.24, 2.45) is 5.10 Å². The van der Waals surface area contributed by atoms with E-state index in [-0.39, 0.29) is 0 Å². The first-order valence-electron chi connectivity index (χ1n) is 6.22. The second-order valence-corrected chi connectivity index (χ2v) is 4.85. The lowest BCUT2D eigenvalue weighted by molar-refractivity contribution is 1.28. The molecular weight excluding hydrogens is 272 g/mol. The molecule has 3 aromatic rings. The fourth-order valence-electron chi connectivity index (χ4n) is 1.98. The van der Waals surface area contributed by atoms with Crippen LogP contribution in [0.3, 0.4) is 0 Å². The Bertz CT molecular complexity index is 763. The highest BCUT2D eigenvalue weighted by atomic mass is 35.5. The number of hydrogen-bond donors (Lipinski definition) is 2. The highest BCUT2D eigenvalue weighted by Gasteiger charge is 2.02. The molecular formula is C15H13ClN4. The van der Waals surface area contributed by atoms with E-state index in [2.05, 4.69) is 20.5 Å². The fraction of sp³-hybridized carbons (Fsp3) is 0.0667. The lowest BCUT2D eigenvalue weighted by Gasteiger charge is -2.06. The van der Waals surface area contributed by atoms with Gasteiger partial charge in [-0.3, -0.25) is 10.4 Å². The number of hydrazone groups is 1. The zero-order valence-electron chi connectivity index (χ0n) is 10.9. The molecule has 1 aromatic carbocycles. The van der Waals surface area contributed by atoms with E-state index in [0.29, 0.717) is 5.02 Å². The molecule has 2 N–H and O–H groups in total. The summed E-state index contributed by atoms with van der Waals surface area (Å²) in [7, 11) is 0. The van der Waals surface area contributed by atoms with Gasteiger partial charge in [0.05, 0.1) is 22.6 Å². The molecule has 0 unspecified atom stereocenters. The Labute approximate surface area is 121 Å². The van der Waals surface area contributed by atoms with Crippen molar-refractivity contribution < 1.29 is 0 Å². The SMILES string of the molecule is C/C(=N/Nc1ccnc2cc(Cl)ccc12)c1ccc[nH]1. The first-order chi connectivity index (χ1) is 9.74. The van der Waals surface area contributed by atoms with Crippen molar-refractivity contribution in [1.82, 2.24) is 9.97 Å². The van der Waals surface area contributed by atoms with E-state index in [1.54, 1.807) is 6.20 Å². The number of aromatic nitrogens is 2. The summed E-state index contributed by atoms with van der Waals surface area (Å²) in [6.07, 6.45) is 3.61. The molecule has 100 valence electrons. The minimum absolute atomic E-state index is 0.674. The summed E-state index contributed by atoms with van der Waals surface area (Å²) in [6.45, 7) is 1.94. The Hall–Kier alpha value is -2.33. The normalized spacial score (nSPS) is 11.8. The van der Waals surface area contributed by atoms with Crippen LogP contribution in [0.15, 0.2) is 53.9 Å². The molecule has 0 saturated heterocycles. The van der Waals surface area contributed by atoms with Crippen molar-refractivity contribution in [3.8, 4) is 0 Å². The number of benzene rings is 1. The van der Waals surface area contributed by atoms with E-state index in [4.69, 9.17) is 11.6 Å². The van der Waals surface area contributed by atoms with Gasteiger partial charge in [-0.25, -0.2) is 0 Å². The van der Waals surface area contributed by atoms with Gasteiger partial charge in [0.2, 0.25) is 0 Å². The van der Waals surface area contributed by atoms with Crippen LogP contribution in [0.25, 0.3) is 10.9 Å². The maximum atomic E-state index is 5.97. The number of nitrogens with zero attached hydrogens (tertiary/aromatic N) is 2. The molecule has 0 bridgehead atoms. The van der Waals surface area contributed by atoms with Crippen molar-refractivity contribution in [1.29, 1.82) is 0 Å². The van der Waals surface area contributed by atoms with E-state index in [0.717, 1.165) is 28.0 Å². The first-order valence-corrected chi connectivity index (χ1v) is 6.60. The standard InChI is InChI=1S/C15H13ClN4/c1-10(13-3-2-7-17-13)19-20-14-6-8-18-15-9-11(16)4-5-12(14)15/h2-9,17H,1H3,(H,18,20)/b19-10-. The molecule has 4 nitrogen and oxygen atoms in total. The Morgan fingerprint density at radius 1 is 1.30 bits per heavy atom.